The highest BCUT2D eigenvalue weighted by Crippen LogP contribution is 2.42. The molecule has 6 nitrogen and oxygen atoms in total. The summed E-state index contributed by atoms with van der Waals surface area (Å²) in [5.41, 5.74) is 3.26. The molecule has 1 N–H and O–H groups in total. The summed E-state index contributed by atoms with van der Waals surface area (Å²) in [6.07, 6.45) is 3.32. The van der Waals surface area contributed by atoms with E-state index in [-0.39, 0.29) is 12.0 Å². The molecule has 1 atom stereocenters. The Labute approximate surface area is 173 Å². The molecule has 2 aromatic carbocycles. The number of ether oxygens (including phenoxy) is 3. The van der Waals surface area contributed by atoms with Crippen LogP contribution in [-0.4, -0.2) is 32.8 Å². The smallest absolute Gasteiger partial charge is 0.254 e. The molecular weight excluding hydrogens is 394 g/mol. The first-order chi connectivity index (χ1) is 14.1. The molecule has 0 spiro atoms. The van der Waals surface area contributed by atoms with E-state index >= 15 is 0 Å². The standard InChI is InChI=1S/C22H20ClNO5/c1-26-16-3-4-20(27-2)18(10-16)14-7-15-8-17(29-21(15)19(23)9-14)11-24-22(25)13-5-6-28-12-13/h3-7,9-10,12,17H,8,11H2,1-2H3,(H,24,25). The van der Waals surface area contributed by atoms with Crippen molar-refractivity contribution in [3.8, 4) is 28.4 Å². The zero-order chi connectivity index (χ0) is 20.4. The van der Waals surface area contributed by atoms with E-state index in [2.05, 4.69) is 5.32 Å². The third-order valence-corrected chi connectivity index (χ3v) is 5.12. The van der Waals surface area contributed by atoms with Gasteiger partial charge in [0, 0.05) is 17.5 Å². The molecule has 2 heterocycles. The topological polar surface area (TPSA) is 69.9 Å². The highest BCUT2D eigenvalue weighted by molar-refractivity contribution is 6.32. The summed E-state index contributed by atoms with van der Waals surface area (Å²) in [5.74, 6) is 1.91. The Kier molecular flexibility index (Phi) is 5.36. The summed E-state index contributed by atoms with van der Waals surface area (Å²) in [6, 6.07) is 11.1. The Hall–Kier alpha value is -3.12. The van der Waals surface area contributed by atoms with Crippen molar-refractivity contribution in [3.05, 3.63) is 65.1 Å². The second-order valence-electron chi connectivity index (χ2n) is 6.68. The molecule has 4 rings (SSSR count). The number of methoxy groups -OCH3 is 2. The van der Waals surface area contributed by atoms with E-state index in [1.807, 2.05) is 30.3 Å². The van der Waals surface area contributed by atoms with E-state index in [1.165, 1.54) is 12.5 Å². The van der Waals surface area contributed by atoms with E-state index in [0.29, 0.717) is 29.3 Å². The molecule has 0 saturated heterocycles. The van der Waals surface area contributed by atoms with E-state index in [4.69, 9.17) is 30.2 Å². The van der Waals surface area contributed by atoms with Gasteiger partial charge in [0.05, 0.1) is 37.6 Å². The Bertz CT molecular complexity index is 1030. The van der Waals surface area contributed by atoms with Crippen molar-refractivity contribution in [2.75, 3.05) is 20.8 Å². The van der Waals surface area contributed by atoms with Crippen LogP contribution in [0.5, 0.6) is 17.2 Å². The van der Waals surface area contributed by atoms with Gasteiger partial charge in [-0.2, -0.15) is 0 Å². The van der Waals surface area contributed by atoms with E-state index in [0.717, 1.165) is 28.2 Å². The van der Waals surface area contributed by atoms with Crippen LogP contribution >= 0.6 is 11.6 Å². The van der Waals surface area contributed by atoms with Crippen LogP contribution in [0.25, 0.3) is 11.1 Å². The number of rotatable bonds is 6. The van der Waals surface area contributed by atoms with Crippen LogP contribution in [0.2, 0.25) is 5.02 Å². The summed E-state index contributed by atoms with van der Waals surface area (Å²) in [4.78, 5) is 12.1. The number of amides is 1. The van der Waals surface area contributed by atoms with Gasteiger partial charge in [-0.1, -0.05) is 11.6 Å². The first-order valence-electron chi connectivity index (χ1n) is 9.11. The SMILES string of the molecule is COc1ccc(OC)c(-c2cc(Cl)c3c(c2)CC(CNC(=O)c2ccoc2)O3)c1. The zero-order valence-electron chi connectivity index (χ0n) is 16.0. The molecule has 0 bridgehead atoms. The molecule has 3 aromatic rings. The second kappa shape index (κ2) is 8.09. The molecule has 0 fully saturated rings. The minimum atomic E-state index is -0.203. The molecule has 1 amide bonds. The van der Waals surface area contributed by atoms with Crippen LogP contribution in [0.3, 0.4) is 0 Å². The lowest BCUT2D eigenvalue weighted by Gasteiger charge is -2.13. The molecule has 0 saturated carbocycles. The van der Waals surface area contributed by atoms with Crippen molar-refractivity contribution < 1.29 is 23.4 Å². The van der Waals surface area contributed by atoms with Gasteiger partial charge in [0.25, 0.3) is 5.91 Å². The van der Waals surface area contributed by atoms with Crippen LogP contribution in [0, 0.1) is 0 Å². The average molecular weight is 414 g/mol. The Morgan fingerprint density at radius 2 is 2.07 bits per heavy atom. The molecule has 150 valence electrons. The average Bonchev–Trinajstić information content (AvgIpc) is 3.41. The van der Waals surface area contributed by atoms with Crippen LogP contribution in [0.15, 0.2) is 53.3 Å². The maximum absolute atomic E-state index is 12.1. The quantitative estimate of drug-likeness (QED) is 0.650. The fraction of sp³-hybridized carbons (Fsp3) is 0.227. The Morgan fingerprint density at radius 3 is 2.79 bits per heavy atom. The number of fused-ring (bicyclic) bond motifs is 1. The molecule has 0 radical (unpaired) electrons. The van der Waals surface area contributed by atoms with Crippen LogP contribution < -0.4 is 19.5 Å². The third-order valence-electron chi connectivity index (χ3n) is 4.84. The lowest BCUT2D eigenvalue weighted by atomic mass is 9.99. The van der Waals surface area contributed by atoms with Gasteiger partial charge in [0.15, 0.2) is 0 Å². The number of halogens is 1. The van der Waals surface area contributed by atoms with Gasteiger partial charge in [-0.3, -0.25) is 4.79 Å². The van der Waals surface area contributed by atoms with Gasteiger partial charge in [0.2, 0.25) is 0 Å². The molecule has 1 aliphatic heterocycles. The highest BCUT2D eigenvalue weighted by atomic mass is 35.5. The fourth-order valence-corrected chi connectivity index (χ4v) is 3.68. The summed E-state index contributed by atoms with van der Waals surface area (Å²) in [6.45, 7) is 0.368. The van der Waals surface area contributed by atoms with Gasteiger partial charge in [-0.25, -0.2) is 0 Å². The van der Waals surface area contributed by atoms with Gasteiger partial charge < -0.3 is 23.9 Å². The minimum Gasteiger partial charge on any atom is -0.497 e. The number of furan rings is 1. The van der Waals surface area contributed by atoms with Gasteiger partial charge >= 0.3 is 0 Å². The van der Waals surface area contributed by atoms with Crippen molar-refractivity contribution in [3.63, 3.8) is 0 Å². The predicted octanol–water partition coefficient (Wildman–Crippen LogP) is 4.35. The molecule has 29 heavy (non-hydrogen) atoms. The number of nitrogens with one attached hydrogen (secondary N) is 1. The zero-order valence-corrected chi connectivity index (χ0v) is 16.8. The number of hydrogen-bond donors (Lipinski definition) is 1. The highest BCUT2D eigenvalue weighted by Gasteiger charge is 2.27. The predicted molar refractivity (Wildman–Crippen MR) is 109 cm³/mol. The Balaban J connectivity index is 1.54. The molecule has 1 aromatic heterocycles. The van der Waals surface area contributed by atoms with Crippen molar-refractivity contribution in [2.24, 2.45) is 0 Å². The third kappa shape index (κ3) is 3.89. The second-order valence-corrected chi connectivity index (χ2v) is 7.09. The molecule has 1 aliphatic rings. The minimum absolute atomic E-state index is 0.194. The lowest BCUT2D eigenvalue weighted by molar-refractivity contribution is 0.0933. The van der Waals surface area contributed by atoms with Gasteiger partial charge in [-0.15, -0.1) is 0 Å². The number of carbonyl (C=O) groups is 1. The van der Waals surface area contributed by atoms with Crippen molar-refractivity contribution >= 4 is 17.5 Å². The van der Waals surface area contributed by atoms with E-state index in [1.54, 1.807) is 20.3 Å². The van der Waals surface area contributed by atoms with Crippen molar-refractivity contribution in [2.45, 2.75) is 12.5 Å². The van der Waals surface area contributed by atoms with Crippen LogP contribution in [0.4, 0.5) is 0 Å². The lowest BCUT2D eigenvalue weighted by Crippen LogP contribution is -2.34. The van der Waals surface area contributed by atoms with Crippen LogP contribution in [-0.2, 0) is 6.42 Å². The van der Waals surface area contributed by atoms with Gasteiger partial charge in [-0.05, 0) is 42.0 Å². The number of carbonyl (C=O) groups excluding carboxylic acids is 1. The number of benzene rings is 2. The fourth-order valence-electron chi connectivity index (χ4n) is 3.40. The normalized spacial score (nSPS) is 14.8. The number of hydrogen-bond acceptors (Lipinski definition) is 5. The maximum Gasteiger partial charge on any atom is 0.254 e. The summed E-state index contributed by atoms with van der Waals surface area (Å²) >= 11 is 6.51. The molecular formula is C22H20ClNO5. The summed E-state index contributed by atoms with van der Waals surface area (Å²) in [7, 11) is 3.25. The van der Waals surface area contributed by atoms with Crippen LogP contribution in [0.1, 0.15) is 15.9 Å². The monoisotopic (exact) mass is 413 g/mol. The first-order valence-corrected chi connectivity index (χ1v) is 9.48. The molecule has 0 aliphatic carbocycles. The van der Waals surface area contributed by atoms with Crippen molar-refractivity contribution in [1.82, 2.24) is 5.32 Å². The van der Waals surface area contributed by atoms with E-state index in [9.17, 15) is 4.79 Å². The molecule has 1 unspecified atom stereocenters. The summed E-state index contributed by atoms with van der Waals surface area (Å²) in [5, 5.41) is 3.38. The largest absolute Gasteiger partial charge is 0.497 e. The van der Waals surface area contributed by atoms with Gasteiger partial charge in [0.1, 0.15) is 29.6 Å². The van der Waals surface area contributed by atoms with Crippen molar-refractivity contribution in [1.29, 1.82) is 0 Å². The molecule has 7 heteroatoms. The van der Waals surface area contributed by atoms with E-state index < -0.39 is 0 Å². The summed E-state index contributed by atoms with van der Waals surface area (Å²) < 4.78 is 21.7. The Morgan fingerprint density at radius 1 is 1.21 bits per heavy atom. The first kappa shape index (κ1) is 19.2. The maximum atomic E-state index is 12.1.